The highest BCUT2D eigenvalue weighted by Gasteiger charge is 2.15. The largest absolute Gasteiger partial charge is 0.310 e. The summed E-state index contributed by atoms with van der Waals surface area (Å²) in [5.41, 5.74) is 12.7. The van der Waals surface area contributed by atoms with Crippen molar-refractivity contribution in [2.75, 3.05) is 4.90 Å². The van der Waals surface area contributed by atoms with Crippen molar-refractivity contribution < 1.29 is 0 Å². The summed E-state index contributed by atoms with van der Waals surface area (Å²) in [7, 11) is 0. The van der Waals surface area contributed by atoms with Crippen molar-refractivity contribution in [1.82, 2.24) is 0 Å². The summed E-state index contributed by atoms with van der Waals surface area (Å²) in [6.07, 6.45) is 3.82. The molecule has 1 heteroatoms. The minimum Gasteiger partial charge on any atom is -0.310 e. The first-order valence-corrected chi connectivity index (χ1v) is 18.1. The zero-order valence-electron chi connectivity index (χ0n) is 29.4. The molecule has 0 bridgehead atoms. The lowest BCUT2D eigenvalue weighted by atomic mass is 9.97. The van der Waals surface area contributed by atoms with Gasteiger partial charge in [-0.25, -0.2) is 0 Å². The molecular formula is C52H37N. The minimum absolute atomic E-state index is 1.09. The summed E-state index contributed by atoms with van der Waals surface area (Å²) >= 11 is 0. The second kappa shape index (κ2) is 13.6. The van der Waals surface area contributed by atoms with Gasteiger partial charge < -0.3 is 4.90 Å². The first-order chi connectivity index (χ1) is 26.2. The zero-order chi connectivity index (χ0) is 35.7. The monoisotopic (exact) mass is 675 g/mol. The minimum atomic E-state index is 1.09. The van der Waals surface area contributed by atoms with Crippen LogP contribution in [0.25, 0.3) is 77.9 Å². The van der Waals surface area contributed by atoms with Crippen molar-refractivity contribution >= 4 is 61.5 Å². The molecule has 9 aromatic carbocycles. The van der Waals surface area contributed by atoms with Crippen molar-refractivity contribution in [3.63, 3.8) is 0 Å². The van der Waals surface area contributed by atoms with Crippen LogP contribution in [0.3, 0.4) is 0 Å². The molecule has 0 amide bonds. The van der Waals surface area contributed by atoms with Crippen molar-refractivity contribution in [3.05, 3.63) is 212 Å². The van der Waals surface area contributed by atoms with Crippen molar-refractivity contribution in [2.24, 2.45) is 0 Å². The van der Waals surface area contributed by atoms with Crippen LogP contribution in [0, 0.1) is 0 Å². The van der Waals surface area contributed by atoms with E-state index in [4.69, 9.17) is 0 Å². The van der Waals surface area contributed by atoms with Gasteiger partial charge in [-0.15, -0.1) is 0 Å². The van der Waals surface area contributed by atoms with Crippen LogP contribution in [0.1, 0.15) is 11.1 Å². The first kappa shape index (κ1) is 32.0. The summed E-state index contributed by atoms with van der Waals surface area (Å²) in [5, 5.41) is 7.40. The van der Waals surface area contributed by atoms with E-state index < -0.39 is 0 Å². The standard InChI is InChI=1S/C52H37N/c1-3-36-14-20-45-35-48(31-33-51(45)49(36)4-2)53(46-27-22-40(23-28-46)39-17-15-38(16-18-39)37-10-6-5-7-11-37)47-29-24-41(25-30-47)43-26-32-52-44(34-43)21-19-42-12-8-9-13-50(42)52/h3-35H,1-2H2. The maximum atomic E-state index is 4.10. The molecule has 9 rings (SSSR count). The fourth-order valence-corrected chi connectivity index (χ4v) is 7.63. The summed E-state index contributed by atoms with van der Waals surface area (Å²) in [6.45, 7) is 8.12. The summed E-state index contributed by atoms with van der Waals surface area (Å²) < 4.78 is 0. The quantitative estimate of drug-likeness (QED) is 0.145. The second-order valence-electron chi connectivity index (χ2n) is 13.5. The van der Waals surface area contributed by atoms with Gasteiger partial charge in [0.2, 0.25) is 0 Å². The van der Waals surface area contributed by atoms with Crippen LogP contribution in [0.4, 0.5) is 17.1 Å². The van der Waals surface area contributed by atoms with Gasteiger partial charge in [0.25, 0.3) is 0 Å². The SMILES string of the molecule is C=Cc1ccc2cc(N(c3ccc(-c4ccc(-c5ccccc5)cc4)cc3)c3ccc(-c4ccc5c(ccc6ccccc65)c4)cc3)ccc2c1C=C. The molecule has 0 aromatic heterocycles. The van der Waals surface area contributed by atoms with Gasteiger partial charge in [0, 0.05) is 17.1 Å². The Hall–Kier alpha value is -6.96. The van der Waals surface area contributed by atoms with Gasteiger partial charge in [-0.2, -0.15) is 0 Å². The molecule has 0 heterocycles. The predicted octanol–water partition coefficient (Wildman–Crippen LogP) is 14.9. The van der Waals surface area contributed by atoms with Crippen LogP contribution >= 0.6 is 0 Å². The lowest BCUT2D eigenvalue weighted by molar-refractivity contribution is 1.29. The highest BCUT2D eigenvalue weighted by atomic mass is 15.1. The average Bonchev–Trinajstić information content (AvgIpc) is 3.24. The number of anilines is 3. The highest BCUT2D eigenvalue weighted by molar-refractivity contribution is 6.08. The molecule has 0 fully saturated rings. The maximum absolute atomic E-state index is 4.10. The molecule has 0 radical (unpaired) electrons. The molecule has 0 aliphatic carbocycles. The Kier molecular flexibility index (Phi) is 8.23. The van der Waals surface area contributed by atoms with E-state index in [2.05, 4.69) is 206 Å². The predicted molar refractivity (Wildman–Crippen MR) is 230 cm³/mol. The van der Waals surface area contributed by atoms with Gasteiger partial charge in [0.15, 0.2) is 0 Å². The lowest BCUT2D eigenvalue weighted by Crippen LogP contribution is -2.10. The van der Waals surface area contributed by atoms with Gasteiger partial charge in [-0.1, -0.05) is 171 Å². The highest BCUT2D eigenvalue weighted by Crippen LogP contribution is 2.39. The Labute approximate surface area is 311 Å². The molecule has 0 spiro atoms. The number of fused-ring (bicyclic) bond motifs is 4. The molecule has 250 valence electrons. The third kappa shape index (κ3) is 5.99. The van der Waals surface area contributed by atoms with Crippen LogP contribution < -0.4 is 4.90 Å². The number of rotatable bonds is 8. The Morgan fingerprint density at radius 2 is 0.792 bits per heavy atom. The smallest absolute Gasteiger partial charge is 0.0468 e. The second-order valence-corrected chi connectivity index (χ2v) is 13.5. The van der Waals surface area contributed by atoms with E-state index in [9.17, 15) is 0 Å². The molecule has 53 heavy (non-hydrogen) atoms. The van der Waals surface area contributed by atoms with Crippen LogP contribution in [-0.2, 0) is 0 Å². The average molecular weight is 676 g/mol. The molecule has 0 aliphatic rings. The van der Waals surface area contributed by atoms with Crippen molar-refractivity contribution in [3.8, 4) is 33.4 Å². The van der Waals surface area contributed by atoms with Crippen molar-refractivity contribution in [2.45, 2.75) is 0 Å². The van der Waals surface area contributed by atoms with E-state index in [1.165, 1.54) is 54.9 Å². The van der Waals surface area contributed by atoms with Gasteiger partial charge >= 0.3 is 0 Å². The van der Waals surface area contributed by atoms with Crippen LogP contribution in [0.5, 0.6) is 0 Å². The Balaban J connectivity index is 1.09. The topological polar surface area (TPSA) is 3.24 Å². The third-order valence-corrected chi connectivity index (χ3v) is 10.4. The Morgan fingerprint density at radius 3 is 1.45 bits per heavy atom. The molecule has 1 nitrogen and oxygen atoms in total. The van der Waals surface area contributed by atoms with E-state index in [0.29, 0.717) is 0 Å². The first-order valence-electron chi connectivity index (χ1n) is 18.1. The Bertz CT molecular complexity index is 2770. The number of benzene rings is 9. The van der Waals surface area contributed by atoms with Gasteiger partial charge in [0.05, 0.1) is 0 Å². The molecule has 0 atom stereocenters. The molecule has 0 saturated carbocycles. The number of nitrogens with zero attached hydrogens (tertiary/aromatic N) is 1. The zero-order valence-corrected chi connectivity index (χ0v) is 29.4. The van der Waals surface area contributed by atoms with Crippen LogP contribution in [0.15, 0.2) is 201 Å². The van der Waals surface area contributed by atoms with Gasteiger partial charge in [0.1, 0.15) is 0 Å². The van der Waals surface area contributed by atoms with E-state index >= 15 is 0 Å². The van der Waals surface area contributed by atoms with Crippen LogP contribution in [0.2, 0.25) is 0 Å². The van der Waals surface area contributed by atoms with Gasteiger partial charge in [-0.05, 0) is 119 Å². The lowest BCUT2D eigenvalue weighted by Gasteiger charge is -2.26. The number of hydrogen-bond acceptors (Lipinski definition) is 1. The van der Waals surface area contributed by atoms with E-state index in [0.717, 1.165) is 39.0 Å². The molecule has 0 aliphatic heterocycles. The molecule has 9 aromatic rings. The van der Waals surface area contributed by atoms with Crippen molar-refractivity contribution in [1.29, 1.82) is 0 Å². The summed E-state index contributed by atoms with van der Waals surface area (Å²) in [4.78, 5) is 2.34. The maximum Gasteiger partial charge on any atom is 0.0468 e. The van der Waals surface area contributed by atoms with E-state index in [1.807, 2.05) is 12.2 Å². The van der Waals surface area contributed by atoms with E-state index in [-0.39, 0.29) is 0 Å². The molecular weight excluding hydrogens is 639 g/mol. The molecule has 0 saturated heterocycles. The normalized spacial score (nSPS) is 11.2. The summed E-state index contributed by atoms with van der Waals surface area (Å²) in [6, 6.07) is 68.0. The number of hydrogen-bond donors (Lipinski definition) is 0. The molecule has 0 N–H and O–H groups in total. The van der Waals surface area contributed by atoms with Gasteiger partial charge in [-0.3, -0.25) is 0 Å². The summed E-state index contributed by atoms with van der Waals surface area (Å²) in [5.74, 6) is 0. The third-order valence-electron chi connectivity index (χ3n) is 10.4. The fourth-order valence-electron chi connectivity index (χ4n) is 7.63. The van der Waals surface area contributed by atoms with Crippen LogP contribution in [-0.4, -0.2) is 0 Å². The fraction of sp³-hybridized carbons (Fsp3) is 0. The van der Waals surface area contributed by atoms with E-state index in [1.54, 1.807) is 0 Å². The molecule has 0 unspecified atom stereocenters. The Morgan fingerprint density at radius 1 is 0.321 bits per heavy atom.